The Hall–Kier alpha value is -1.81. The number of hydrogen-bond acceptors (Lipinski definition) is 3. The molecule has 108 valence electrons. The number of rotatable bonds is 7. The summed E-state index contributed by atoms with van der Waals surface area (Å²) in [6.45, 7) is 6.58. The Balaban J connectivity index is 2.10. The van der Waals surface area contributed by atoms with Crippen LogP contribution in [0.3, 0.4) is 0 Å². The van der Waals surface area contributed by atoms with E-state index in [1.807, 2.05) is 23.8 Å². The van der Waals surface area contributed by atoms with Gasteiger partial charge in [0.25, 0.3) is 0 Å². The second-order valence-electron chi connectivity index (χ2n) is 4.82. The van der Waals surface area contributed by atoms with Gasteiger partial charge in [-0.25, -0.2) is 0 Å². The van der Waals surface area contributed by atoms with Crippen molar-refractivity contribution in [2.24, 2.45) is 0 Å². The fourth-order valence-corrected chi connectivity index (χ4v) is 2.25. The van der Waals surface area contributed by atoms with Crippen molar-refractivity contribution in [3.05, 3.63) is 36.0 Å². The molecule has 0 saturated heterocycles. The summed E-state index contributed by atoms with van der Waals surface area (Å²) >= 11 is 0. The number of fused-ring (bicyclic) bond motifs is 1. The highest BCUT2D eigenvalue weighted by Crippen LogP contribution is 2.18. The molecule has 1 aromatic heterocycles. The van der Waals surface area contributed by atoms with E-state index in [-0.39, 0.29) is 12.5 Å². The summed E-state index contributed by atoms with van der Waals surface area (Å²) in [6.07, 6.45) is 3.07. The van der Waals surface area contributed by atoms with Crippen LogP contribution in [0.2, 0.25) is 0 Å². The molecule has 0 saturated carbocycles. The van der Waals surface area contributed by atoms with E-state index < -0.39 is 0 Å². The second kappa shape index (κ2) is 7.10. The Morgan fingerprint density at radius 3 is 2.90 bits per heavy atom. The molecule has 0 aliphatic carbocycles. The Labute approximate surface area is 119 Å². The van der Waals surface area contributed by atoms with Gasteiger partial charge in [0.1, 0.15) is 6.54 Å². The summed E-state index contributed by atoms with van der Waals surface area (Å²) in [6, 6.07) is 8.38. The molecule has 0 aliphatic heterocycles. The van der Waals surface area contributed by atoms with Crippen LogP contribution in [0.15, 0.2) is 30.5 Å². The summed E-state index contributed by atoms with van der Waals surface area (Å²) in [5.41, 5.74) is 2.33. The molecule has 2 aromatic rings. The molecular weight excluding hydrogens is 252 g/mol. The van der Waals surface area contributed by atoms with Gasteiger partial charge in [-0.3, -0.25) is 4.79 Å². The zero-order valence-corrected chi connectivity index (χ0v) is 12.2. The largest absolute Gasteiger partial charge is 0.465 e. The Morgan fingerprint density at radius 1 is 1.30 bits per heavy atom. The van der Waals surface area contributed by atoms with Crippen molar-refractivity contribution in [3.8, 4) is 0 Å². The average Bonchev–Trinajstić information content (AvgIpc) is 2.82. The number of hydrogen-bond donors (Lipinski definition) is 1. The minimum absolute atomic E-state index is 0.196. The molecule has 2 rings (SSSR count). The SMILES string of the molecule is CCCNCc1ccc2c(ccn2CC(=O)OCC)c1. The van der Waals surface area contributed by atoms with Gasteiger partial charge >= 0.3 is 5.97 Å². The molecule has 0 atom stereocenters. The molecule has 4 heteroatoms. The number of benzene rings is 1. The van der Waals surface area contributed by atoms with Gasteiger partial charge in [0.15, 0.2) is 0 Å². The summed E-state index contributed by atoms with van der Waals surface area (Å²) in [4.78, 5) is 11.5. The Bertz CT molecular complexity index is 575. The van der Waals surface area contributed by atoms with Crippen LogP contribution >= 0.6 is 0 Å². The minimum Gasteiger partial charge on any atom is -0.465 e. The second-order valence-corrected chi connectivity index (χ2v) is 4.82. The predicted molar refractivity (Wildman–Crippen MR) is 80.6 cm³/mol. The molecule has 0 fully saturated rings. The fourth-order valence-electron chi connectivity index (χ4n) is 2.25. The normalized spacial score (nSPS) is 10.9. The van der Waals surface area contributed by atoms with Crippen molar-refractivity contribution in [2.75, 3.05) is 13.2 Å². The molecule has 0 spiro atoms. The van der Waals surface area contributed by atoms with Gasteiger partial charge in [0.2, 0.25) is 0 Å². The lowest BCUT2D eigenvalue weighted by atomic mass is 10.1. The molecule has 0 bridgehead atoms. The Kier molecular flexibility index (Phi) is 5.18. The van der Waals surface area contributed by atoms with E-state index in [4.69, 9.17) is 4.74 Å². The van der Waals surface area contributed by atoms with E-state index >= 15 is 0 Å². The van der Waals surface area contributed by atoms with Gasteiger partial charge in [0.05, 0.1) is 6.61 Å². The number of carbonyl (C=O) groups is 1. The first-order valence-electron chi connectivity index (χ1n) is 7.18. The lowest BCUT2D eigenvalue weighted by molar-refractivity contribution is -0.143. The van der Waals surface area contributed by atoms with Gasteiger partial charge in [-0.1, -0.05) is 13.0 Å². The van der Waals surface area contributed by atoms with E-state index in [1.165, 1.54) is 5.56 Å². The topological polar surface area (TPSA) is 43.3 Å². The zero-order valence-electron chi connectivity index (χ0n) is 12.2. The zero-order chi connectivity index (χ0) is 14.4. The maximum atomic E-state index is 11.5. The van der Waals surface area contributed by atoms with E-state index in [0.717, 1.165) is 30.4 Å². The van der Waals surface area contributed by atoms with Crippen LogP contribution in [0.25, 0.3) is 10.9 Å². The third kappa shape index (κ3) is 3.61. The number of carbonyl (C=O) groups excluding carboxylic acids is 1. The maximum absolute atomic E-state index is 11.5. The van der Waals surface area contributed by atoms with E-state index in [2.05, 4.69) is 30.4 Å². The van der Waals surface area contributed by atoms with Gasteiger partial charge < -0.3 is 14.6 Å². The third-order valence-electron chi connectivity index (χ3n) is 3.20. The van der Waals surface area contributed by atoms with Crippen molar-refractivity contribution in [2.45, 2.75) is 33.4 Å². The van der Waals surface area contributed by atoms with Crippen molar-refractivity contribution >= 4 is 16.9 Å². The van der Waals surface area contributed by atoms with Crippen molar-refractivity contribution in [1.29, 1.82) is 0 Å². The monoisotopic (exact) mass is 274 g/mol. The first-order valence-corrected chi connectivity index (χ1v) is 7.18. The highest BCUT2D eigenvalue weighted by Gasteiger charge is 2.07. The van der Waals surface area contributed by atoms with Crippen LogP contribution in [0.1, 0.15) is 25.8 Å². The Morgan fingerprint density at radius 2 is 2.15 bits per heavy atom. The molecule has 0 aliphatic rings. The van der Waals surface area contributed by atoms with Crippen molar-refractivity contribution < 1.29 is 9.53 Å². The molecule has 1 aromatic carbocycles. The lowest BCUT2D eigenvalue weighted by Gasteiger charge is -2.07. The number of nitrogens with zero attached hydrogens (tertiary/aromatic N) is 1. The van der Waals surface area contributed by atoms with Crippen LogP contribution < -0.4 is 5.32 Å². The molecule has 1 heterocycles. The molecule has 4 nitrogen and oxygen atoms in total. The number of aromatic nitrogens is 1. The fraction of sp³-hybridized carbons (Fsp3) is 0.438. The highest BCUT2D eigenvalue weighted by atomic mass is 16.5. The average molecular weight is 274 g/mol. The minimum atomic E-state index is -0.196. The summed E-state index contributed by atoms with van der Waals surface area (Å²) < 4.78 is 6.91. The highest BCUT2D eigenvalue weighted by molar-refractivity contribution is 5.82. The quantitative estimate of drug-likeness (QED) is 0.623. The number of nitrogens with one attached hydrogen (secondary N) is 1. The van der Waals surface area contributed by atoms with E-state index in [0.29, 0.717) is 6.61 Å². The third-order valence-corrected chi connectivity index (χ3v) is 3.20. The van der Waals surface area contributed by atoms with Crippen LogP contribution in [-0.4, -0.2) is 23.7 Å². The summed E-state index contributed by atoms with van der Waals surface area (Å²) in [5.74, 6) is -0.196. The first kappa shape index (κ1) is 14.6. The van der Waals surface area contributed by atoms with Crippen molar-refractivity contribution in [1.82, 2.24) is 9.88 Å². The van der Waals surface area contributed by atoms with Gasteiger partial charge in [0, 0.05) is 18.3 Å². The standard InChI is InChI=1S/C16H22N2O2/c1-3-8-17-11-13-5-6-15-14(10-13)7-9-18(15)12-16(19)20-4-2/h5-7,9-10,17H,3-4,8,11-12H2,1-2H3. The van der Waals surface area contributed by atoms with Gasteiger partial charge in [-0.15, -0.1) is 0 Å². The van der Waals surface area contributed by atoms with E-state index in [1.54, 1.807) is 0 Å². The van der Waals surface area contributed by atoms with Gasteiger partial charge in [-0.05, 0) is 49.0 Å². The first-order chi connectivity index (χ1) is 9.74. The number of ether oxygens (including phenoxy) is 1. The van der Waals surface area contributed by atoms with Crippen LogP contribution in [-0.2, 0) is 22.6 Å². The smallest absolute Gasteiger partial charge is 0.325 e. The van der Waals surface area contributed by atoms with E-state index in [9.17, 15) is 4.79 Å². The maximum Gasteiger partial charge on any atom is 0.325 e. The van der Waals surface area contributed by atoms with Crippen LogP contribution in [0.5, 0.6) is 0 Å². The molecule has 0 radical (unpaired) electrons. The van der Waals surface area contributed by atoms with Crippen LogP contribution in [0, 0.1) is 0 Å². The molecular formula is C16H22N2O2. The molecule has 20 heavy (non-hydrogen) atoms. The molecule has 0 amide bonds. The number of esters is 1. The molecule has 1 N–H and O–H groups in total. The summed E-state index contributed by atoms with van der Waals surface area (Å²) in [5, 5.41) is 4.55. The van der Waals surface area contributed by atoms with Crippen LogP contribution in [0.4, 0.5) is 0 Å². The summed E-state index contributed by atoms with van der Waals surface area (Å²) in [7, 11) is 0. The predicted octanol–water partition coefficient (Wildman–Crippen LogP) is 2.70. The van der Waals surface area contributed by atoms with Gasteiger partial charge in [-0.2, -0.15) is 0 Å². The molecule has 0 unspecified atom stereocenters. The van der Waals surface area contributed by atoms with Crippen molar-refractivity contribution in [3.63, 3.8) is 0 Å². The lowest BCUT2D eigenvalue weighted by Crippen LogP contribution is -2.14.